The number of hydrogen-bond acceptors (Lipinski definition) is 4. The van der Waals surface area contributed by atoms with Crippen LogP contribution >= 0.6 is 0 Å². The topological polar surface area (TPSA) is 67.9 Å². The summed E-state index contributed by atoms with van der Waals surface area (Å²) in [6.07, 6.45) is 1.96. The standard InChI is InChI=1S/C16H28N2O4/c1-15(2,3)21-13(19)17-11-8-7-10-9-12(11)18(10)14(20)22-16(4,5)6/h10-12H,7-9H2,1-6H3,(H,17,19)/t10-,11+,12-/m1/s1. The van der Waals surface area contributed by atoms with Crippen LogP contribution in [0.15, 0.2) is 0 Å². The molecule has 3 rings (SSSR count). The summed E-state index contributed by atoms with van der Waals surface area (Å²) in [4.78, 5) is 26.0. The lowest BCUT2D eigenvalue weighted by Gasteiger charge is -2.55. The van der Waals surface area contributed by atoms with Crippen molar-refractivity contribution in [3.8, 4) is 0 Å². The highest BCUT2D eigenvalue weighted by Crippen LogP contribution is 2.39. The molecule has 6 heteroatoms. The molecule has 2 aliphatic heterocycles. The van der Waals surface area contributed by atoms with Gasteiger partial charge >= 0.3 is 12.2 Å². The Morgan fingerprint density at radius 2 is 1.59 bits per heavy atom. The molecule has 1 saturated carbocycles. The largest absolute Gasteiger partial charge is 0.444 e. The summed E-state index contributed by atoms with van der Waals surface area (Å²) < 4.78 is 10.8. The van der Waals surface area contributed by atoms with Gasteiger partial charge in [0.1, 0.15) is 11.2 Å². The Labute approximate surface area is 132 Å². The average molecular weight is 312 g/mol. The number of ether oxygens (including phenoxy) is 2. The molecule has 3 atom stereocenters. The summed E-state index contributed by atoms with van der Waals surface area (Å²) in [6, 6.07) is 0.199. The number of amides is 2. The van der Waals surface area contributed by atoms with Gasteiger partial charge in [-0.1, -0.05) is 0 Å². The van der Waals surface area contributed by atoms with E-state index in [4.69, 9.17) is 9.47 Å². The van der Waals surface area contributed by atoms with Crippen molar-refractivity contribution in [1.82, 2.24) is 10.2 Å². The molecule has 2 bridgehead atoms. The average Bonchev–Trinajstić information content (AvgIpc) is 2.22. The summed E-state index contributed by atoms with van der Waals surface area (Å²) in [7, 11) is 0. The molecule has 3 aliphatic rings. The van der Waals surface area contributed by atoms with Crippen LogP contribution in [-0.2, 0) is 9.47 Å². The normalized spacial score (nSPS) is 27.7. The highest BCUT2D eigenvalue weighted by molar-refractivity contribution is 5.72. The Morgan fingerprint density at radius 1 is 1.00 bits per heavy atom. The van der Waals surface area contributed by atoms with Crippen molar-refractivity contribution in [3.63, 3.8) is 0 Å². The number of piperidine rings is 1. The zero-order valence-corrected chi connectivity index (χ0v) is 14.4. The smallest absolute Gasteiger partial charge is 0.410 e. The third-order valence-corrected chi connectivity index (χ3v) is 3.85. The van der Waals surface area contributed by atoms with Gasteiger partial charge in [-0.05, 0) is 60.8 Å². The highest BCUT2D eigenvalue weighted by Gasteiger charge is 2.51. The van der Waals surface area contributed by atoms with E-state index in [1.807, 2.05) is 41.5 Å². The van der Waals surface area contributed by atoms with E-state index in [9.17, 15) is 9.59 Å². The molecule has 0 aromatic heterocycles. The lowest BCUT2D eigenvalue weighted by molar-refractivity contribution is -0.0646. The second kappa shape index (κ2) is 5.63. The maximum atomic E-state index is 12.3. The van der Waals surface area contributed by atoms with Crippen molar-refractivity contribution >= 4 is 12.2 Å². The number of carbonyl (C=O) groups excluding carboxylic acids is 2. The van der Waals surface area contributed by atoms with Crippen LogP contribution in [0.2, 0.25) is 0 Å². The zero-order valence-electron chi connectivity index (χ0n) is 14.4. The van der Waals surface area contributed by atoms with E-state index in [1.165, 1.54) is 0 Å². The first-order chi connectivity index (χ1) is 9.96. The minimum Gasteiger partial charge on any atom is -0.444 e. The van der Waals surface area contributed by atoms with Gasteiger partial charge in [-0.3, -0.25) is 0 Å². The summed E-state index contributed by atoms with van der Waals surface area (Å²) in [5.41, 5.74) is -1.03. The predicted molar refractivity (Wildman–Crippen MR) is 82.7 cm³/mol. The van der Waals surface area contributed by atoms with Gasteiger partial charge in [0.25, 0.3) is 0 Å². The fraction of sp³-hybridized carbons (Fsp3) is 0.875. The molecule has 0 aromatic carbocycles. The van der Waals surface area contributed by atoms with E-state index in [0.717, 1.165) is 19.3 Å². The van der Waals surface area contributed by atoms with Gasteiger partial charge in [-0.25, -0.2) is 9.59 Å². The van der Waals surface area contributed by atoms with Crippen molar-refractivity contribution in [2.45, 2.75) is 90.1 Å². The predicted octanol–water partition coefficient (Wildman–Crippen LogP) is 3.05. The van der Waals surface area contributed by atoms with Gasteiger partial charge < -0.3 is 19.7 Å². The minimum atomic E-state index is -0.522. The molecule has 1 aliphatic carbocycles. The number of nitrogens with zero attached hydrogens (tertiary/aromatic N) is 1. The van der Waals surface area contributed by atoms with E-state index < -0.39 is 17.3 Å². The summed E-state index contributed by atoms with van der Waals surface area (Å²) in [5, 5.41) is 2.90. The maximum absolute atomic E-state index is 12.3. The molecule has 0 aromatic rings. The number of carbonyl (C=O) groups is 2. The first kappa shape index (κ1) is 16.9. The van der Waals surface area contributed by atoms with Gasteiger partial charge in [0, 0.05) is 6.04 Å². The molecule has 6 nitrogen and oxygen atoms in total. The minimum absolute atomic E-state index is 0.0149. The maximum Gasteiger partial charge on any atom is 0.410 e. The second-order valence-electron chi connectivity index (χ2n) is 8.17. The molecule has 3 fully saturated rings. The second-order valence-corrected chi connectivity index (χ2v) is 8.17. The fourth-order valence-corrected chi connectivity index (χ4v) is 3.04. The molecule has 2 heterocycles. The van der Waals surface area contributed by atoms with Crippen LogP contribution in [-0.4, -0.2) is 46.4 Å². The van der Waals surface area contributed by atoms with Gasteiger partial charge in [-0.2, -0.15) is 0 Å². The van der Waals surface area contributed by atoms with Crippen LogP contribution in [0, 0.1) is 0 Å². The molecule has 126 valence electrons. The quantitative estimate of drug-likeness (QED) is 0.808. The Balaban J connectivity index is 1.93. The summed E-state index contributed by atoms with van der Waals surface area (Å²) >= 11 is 0. The molecular formula is C16H28N2O4. The first-order valence-corrected chi connectivity index (χ1v) is 7.97. The fourth-order valence-electron chi connectivity index (χ4n) is 3.04. The van der Waals surface area contributed by atoms with E-state index in [2.05, 4.69) is 5.32 Å². The monoisotopic (exact) mass is 312 g/mol. The third kappa shape index (κ3) is 4.05. The van der Waals surface area contributed by atoms with E-state index in [-0.39, 0.29) is 24.2 Å². The van der Waals surface area contributed by atoms with Crippen molar-refractivity contribution in [1.29, 1.82) is 0 Å². The number of nitrogens with one attached hydrogen (secondary N) is 1. The molecule has 0 spiro atoms. The third-order valence-electron chi connectivity index (χ3n) is 3.85. The molecule has 22 heavy (non-hydrogen) atoms. The van der Waals surface area contributed by atoms with Crippen LogP contribution in [0.3, 0.4) is 0 Å². The molecule has 2 amide bonds. The Morgan fingerprint density at radius 3 is 2.09 bits per heavy atom. The lowest BCUT2D eigenvalue weighted by Crippen LogP contribution is -2.70. The van der Waals surface area contributed by atoms with Gasteiger partial charge in [0.15, 0.2) is 0 Å². The number of alkyl carbamates (subject to hydrolysis) is 1. The van der Waals surface area contributed by atoms with Crippen LogP contribution in [0.1, 0.15) is 60.8 Å². The summed E-state index contributed by atoms with van der Waals surface area (Å²) in [5.74, 6) is 0. The highest BCUT2D eigenvalue weighted by atomic mass is 16.6. The summed E-state index contributed by atoms with van der Waals surface area (Å²) in [6.45, 7) is 11.1. The van der Waals surface area contributed by atoms with E-state index in [1.54, 1.807) is 4.90 Å². The van der Waals surface area contributed by atoms with Crippen molar-refractivity contribution in [2.75, 3.05) is 0 Å². The molecular weight excluding hydrogens is 284 g/mol. The molecule has 0 radical (unpaired) electrons. The number of fused-ring (bicyclic) bond motifs is 2. The number of rotatable bonds is 1. The Bertz CT molecular complexity index is 446. The van der Waals surface area contributed by atoms with E-state index in [0.29, 0.717) is 0 Å². The SMILES string of the molecule is CC(C)(C)OC(=O)N[C@H]1CC[C@@H]2C[C@H]1N2C(=O)OC(C)(C)C. The first-order valence-electron chi connectivity index (χ1n) is 7.97. The molecule has 0 unspecified atom stereocenters. The van der Waals surface area contributed by atoms with Crippen molar-refractivity contribution in [3.05, 3.63) is 0 Å². The Kier molecular flexibility index (Phi) is 4.33. The van der Waals surface area contributed by atoms with Gasteiger partial charge in [-0.15, -0.1) is 0 Å². The van der Waals surface area contributed by atoms with Gasteiger partial charge in [0.2, 0.25) is 0 Å². The van der Waals surface area contributed by atoms with Crippen LogP contribution in [0.5, 0.6) is 0 Å². The van der Waals surface area contributed by atoms with Crippen molar-refractivity contribution < 1.29 is 19.1 Å². The van der Waals surface area contributed by atoms with E-state index >= 15 is 0 Å². The van der Waals surface area contributed by atoms with Crippen LogP contribution < -0.4 is 5.32 Å². The zero-order chi connectivity index (χ0) is 16.7. The van der Waals surface area contributed by atoms with Gasteiger partial charge in [0.05, 0.1) is 12.1 Å². The number of hydrogen-bond donors (Lipinski definition) is 1. The van der Waals surface area contributed by atoms with Crippen molar-refractivity contribution in [2.24, 2.45) is 0 Å². The van der Waals surface area contributed by atoms with Crippen LogP contribution in [0.4, 0.5) is 9.59 Å². The van der Waals surface area contributed by atoms with Crippen LogP contribution in [0.25, 0.3) is 0 Å². The molecule has 2 saturated heterocycles. The Hall–Kier alpha value is -1.46. The molecule has 1 N–H and O–H groups in total. The lowest BCUT2D eigenvalue weighted by atomic mass is 9.76.